The third-order valence-electron chi connectivity index (χ3n) is 5.21. The van der Waals surface area contributed by atoms with Crippen LogP contribution >= 0.6 is 0 Å². The van der Waals surface area contributed by atoms with Gasteiger partial charge in [-0.05, 0) is 53.2 Å². The van der Waals surface area contributed by atoms with Crippen molar-refractivity contribution < 1.29 is 9.53 Å². The summed E-state index contributed by atoms with van der Waals surface area (Å²) in [5, 5.41) is 9.72. The third-order valence-corrected chi connectivity index (χ3v) is 5.21. The molecule has 2 aromatic heterocycles. The summed E-state index contributed by atoms with van der Waals surface area (Å²) in [5.41, 5.74) is 2.78. The first-order valence-corrected chi connectivity index (χ1v) is 10.2. The van der Waals surface area contributed by atoms with Gasteiger partial charge in [-0.1, -0.05) is 42.5 Å². The maximum absolute atomic E-state index is 13.2. The van der Waals surface area contributed by atoms with E-state index >= 15 is 0 Å². The average molecular weight is 420 g/mol. The number of methoxy groups -OCH3 is 1. The molecule has 0 aliphatic carbocycles. The minimum absolute atomic E-state index is 0.268. The first-order chi connectivity index (χ1) is 15.7. The van der Waals surface area contributed by atoms with E-state index in [9.17, 15) is 4.79 Å². The number of amides is 1. The highest BCUT2D eigenvalue weighted by Crippen LogP contribution is 2.29. The molecule has 0 saturated carbocycles. The lowest BCUT2D eigenvalue weighted by molar-refractivity contribution is 0.102. The molecule has 0 spiro atoms. The number of hydrogen-bond donors (Lipinski definition) is 1. The summed E-state index contributed by atoms with van der Waals surface area (Å²) in [6.07, 6.45) is 3.39. The van der Waals surface area contributed by atoms with Crippen LogP contribution in [0.15, 0.2) is 97.3 Å². The molecule has 0 aliphatic heterocycles. The van der Waals surface area contributed by atoms with Gasteiger partial charge in [0, 0.05) is 18.0 Å². The van der Waals surface area contributed by atoms with Gasteiger partial charge in [-0.2, -0.15) is 5.10 Å². The van der Waals surface area contributed by atoms with Crippen molar-refractivity contribution in [3.05, 3.63) is 103 Å². The molecule has 0 saturated heterocycles. The van der Waals surface area contributed by atoms with E-state index in [0.29, 0.717) is 17.1 Å². The number of para-hydroxylation sites is 1. The van der Waals surface area contributed by atoms with Gasteiger partial charge in [0.1, 0.15) is 17.3 Å². The third kappa shape index (κ3) is 3.81. The van der Waals surface area contributed by atoms with Crippen LogP contribution < -0.4 is 10.1 Å². The zero-order chi connectivity index (χ0) is 21.9. The molecular formula is C26H20N4O2. The van der Waals surface area contributed by atoms with Crippen molar-refractivity contribution in [2.24, 2.45) is 0 Å². The molecule has 6 nitrogen and oxygen atoms in total. The van der Waals surface area contributed by atoms with Gasteiger partial charge in [-0.3, -0.25) is 4.79 Å². The molecule has 0 radical (unpaired) electrons. The van der Waals surface area contributed by atoms with Gasteiger partial charge >= 0.3 is 0 Å². The Morgan fingerprint density at radius 3 is 2.47 bits per heavy atom. The van der Waals surface area contributed by atoms with E-state index in [1.165, 1.54) is 0 Å². The van der Waals surface area contributed by atoms with E-state index < -0.39 is 0 Å². The van der Waals surface area contributed by atoms with Gasteiger partial charge in [0.05, 0.1) is 18.4 Å². The van der Waals surface area contributed by atoms with E-state index in [1.807, 2.05) is 72.8 Å². The number of carbonyl (C=O) groups is 1. The lowest BCUT2D eigenvalue weighted by atomic mass is 10.0. The monoisotopic (exact) mass is 420 g/mol. The molecule has 1 N–H and O–H groups in total. The Kier molecular flexibility index (Phi) is 5.09. The zero-order valence-electron chi connectivity index (χ0n) is 17.4. The van der Waals surface area contributed by atoms with Crippen molar-refractivity contribution in [1.29, 1.82) is 0 Å². The van der Waals surface area contributed by atoms with Crippen LogP contribution in [0.25, 0.3) is 27.7 Å². The van der Waals surface area contributed by atoms with Crippen LogP contribution in [0.5, 0.6) is 5.75 Å². The quantitative estimate of drug-likeness (QED) is 0.416. The fourth-order valence-electron chi connectivity index (χ4n) is 3.58. The second-order valence-electron chi connectivity index (χ2n) is 7.27. The summed E-state index contributed by atoms with van der Waals surface area (Å²) < 4.78 is 7.05. The maximum Gasteiger partial charge on any atom is 0.260 e. The molecule has 156 valence electrons. The molecule has 0 fully saturated rings. The van der Waals surface area contributed by atoms with Gasteiger partial charge < -0.3 is 10.1 Å². The molecule has 0 atom stereocenters. The van der Waals surface area contributed by atoms with Crippen LogP contribution in [-0.2, 0) is 0 Å². The predicted octanol–water partition coefficient (Wildman–Crippen LogP) is 5.35. The van der Waals surface area contributed by atoms with Crippen molar-refractivity contribution in [3.63, 3.8) is 0 Å². The molecule has 32 heavy (non-hydrogen) atoms. The highest BCUT2D eigenvalue weighted by molar-refractivity contribution is 6.08. The van der Waals surface area contributed by atoms with E-state index in [-0.39, 0.29) is 5.91 Å². The SMILES string of the molecule is COc1ccc2cc(-c3nn(-c4ccccc4)cc3C(=O)Nc3ccccn3)ccc2c1. The number of ether oxygens (including phenoxy) is 1. The van der Waals surface area contributed by atoms with Crippen molar-refractivity contribution in [2.75, 3.05) is 12.4 Å². The van der Waals surface area contributed by atoms with Gasteiger partial charge in [-0.25, -0.2) is 9.67 Å². The Hall–Kier alpha value is -4.45. The van der Waals surface area contributed by atoms with E-state index in [2.05, 4.69) is 10.3 Å². The van der Waals surface area contributed by atoms with Crippen LogP contribution in [-0.4, -0.2) is 27.8 Å². The molecule has 1 amide bonds. The Labute approximate surface area is 185 Å². The normalized spacial score (nSPS) is 10.8. The lowest BCUT2D eigenvalue weighted by Crippen LogP contribution is -2.13. The number of carbonyl (C=O) groups excluding carboxylic acids is 1. The minimum Gasteiger partial charge on any atom is -0.497 e. The number of fused-ring (bicyclic) bond motifs is 1. The number of rotatable bonds is 5. The topological polar surface area (TPSA) is 69.0 Å². The Morgan fingerprint density at radius 2 is 1.69 bits per heavy atom. The van der Waals surface area contributed by atoms with Crippen molar-refractivity contribution in [1.82, 2.24) is 14.8 Å². The Morgan fingerprint density at radius 1 is 0.906 bits per heavy atom. The van der Waals surface area contributed by atoms with Gasteiger partial charge in [0.25, 0.3) is 5.91 Å². The molecule has 0 unspecified atom stereocenters. The fourth-order valence-corrected chi connectivity index (χ4v) is 3.58. The van der Waals surface area contributed by atoms with E-state index in [4.69, 9.17) is 9.84 Å². The highest BCUT2D eigenvalue weighted by Gasteiger charge is 2.19. The number of aromatic nitrogens is 3. The van der Waals surface area contributed by atoms with Crippen molar-refractivity contribution in [2.45, 2.75) is 0 Å². The number of pyridine rings is 1. The summed E-state index contributed by atoms with van der Waals surface area (Å²) in [7, 11) is 1.65. The highest BCUT2D eigenvalue weighted by atomic mass is 16.5. The smallest absolute Gasteiger partial charge is 0.260 e. The zero-order valence-corrected chi connectivity index (χ0v) is 17.4. The number of nitrogens with zero attached hydrogens (tertiary/aromatic N) is 3. The summed E-state index contributed by atoms with van der Waals surface area (Å²) >= 11 is 0. The molecule has 5 rings (SSSR count). The molecule has 6 heteroatoms. The number of hydrogen-bond acceptors (Lipinski definition) is 4. The number of benzene rings is 3. The van der Waals surface area contributed by atoms with Crippen molar-refractivity contribution in [3.8, 4) is 22.7 Å². The van der Waals surface area contributed by atoms with Crippen molar-refractivity contribution >= 4 is 22.5 Å². The average Bonchev–Trinajstić information content (AvgIpc) is 3.30. The minimum atomic E-state index is -0.268. The van der Waals surface area contributed by atoms with E-state index in [0.717, 1.165) is 27.8 Å². The second kappa shape index (κ2) is 8.35. The lowest BCUT2D eigenvalue weighted by Gasteiger charge is -2.07. The number of nitrogens with one attached hydrogen (secondary N) is 1. The largest absolute Gasteiger partial charge is 0.497 e. The molecule has 3 aromatic carbocycles. The summed E-state index contributed by atoms with van der Waals surface area (Å²) in [5.74, 6) is 1.02. The van der Waals surface area contributed by atoms with Gasteiger partial charge in [0.15, 0.2) is 0 Å². The predicted molar refractivity (Wildman–Crippen MR) is 125 cm³/mol. The molecule has 2 heterocycles. The first kappa shape index (κ1) is 19.5. The fraction of sp³-hybridized carbons (Fsp3) is 0.0385. The second-order valence-corrected chi connectivity index (χ2v) is 7.27. The molecular weight excluding hydrogens is 400 g/mol. The summed E-state index contributed by atoms with van der Waals surface area (Å²) in [6.45, 7) is 0. The summed E-state index contributed by atoms with van der Waals surface area (Å²) in [6, 6.07) is 27.0. The van der Waals surface area contributed by atoms with E-state index in [1.54, 1.807) is 36.3 Å². The van der Waals surface area contributed by atoms with Crippen LogP contribution in [0, 0.1) is 0 Å². The summed E-state index contributed by atoms with van der Waals surface area (Å²) in [4.78, 5) is 17.4. The maximum atomic E-state index is 13.2. The van der Waals surface area contributed by atoms with Crippen LogP contribution in [0.1, 0.15) is 10.4 Å². The molecule has 0 bridgehead atoms. The van der Waals surface area contributed by atoms with Gasteiger partial charge in [0.2, 0.25) is 0 Å². The van der Waals surface area contributed by atoms with Crippen LogP contribution in [0.4, 0.5) is 5.82 Å². The standard InChI is InChI=1S/C26H20N4O2/c1-32-22-13-12-18-15-20(11-10-19(18)16-22)25-23(26(31)28-24-9-5-6-14-27-24)17-30(29-25)21-7-3-2-4-8-21/h2-17H,1H3,(H,27,28,31). The molecule has 0 aliphatic rings. The van der Waals surface area contributed by atoms with Crippen LogP contribution in [0.3, 0.4) is 0 Å². The number of anilines is 1. The first-order valence-electron chi connectivity index (χ1n) is 10.2. The Bertz CT molecular complexity index is 1400. The van der Waals surface area contributed by atoms with Crippen LogP contribution in [0.2, 0.25) is 0 Å². The Balaban J connectivity index is 1.60. The molecule has 5 aromatic rings. The van der Waals surface area contributed by atoms with Gasteiger partial charge in [-0.15, -0.1) is 0 Å².